The van der Waals surface area contributed by atoms with Crippen molar-refractivity contribution >= 4 is 0 Å². The number of imidazole rings is 1. The van der Waals surface area contributed by atoms with Crippen LogP contribution in [0, 0.1) is 0 Å². The van der Waals surface area contributed by atoms with E-state index < -0.39 is 0 Å². The maximum absolute atomic E-state index is 4.49. The van der Waals surface area contributed by atoms with E-state index in [1.165, 1.54) is 17.0 Å². The van der Waals surface area contributed by atoms with E-state index in [-0.39, 0.29) is 0 Å². The molecular weight excluding hydrogens is 222 g/mol. The molecule has 2 heterocycles. The predicted molar refractivity (Wildman–Crippen MR) is 72.2 cm³/mol. The lowest BCUT2D eigenvalue weighted by atomic mass is 10.0. The van der Waals surface area contributed by atoms with Crippen LogP contribution in [0.1, 0.15) is 36.3 Å². The summed E-state index contributed by atoms with van der Waals surface area (Å²) < 4.78 is 2.27. The van der Waals surface area contributed by atoms with Gasteiger partial charge in [0.05, 0.1) is 0 Å². The van der Waals surface area contributed by atoms with Crippen molar-refractivity contribution in [3.8, 4) is 0 Å². The summed E-state index contributed by atoms with van der Waals surface area (Å²) in [4.78, 5) is 4.49. The standard InChI is InChI=1S/C15H19N3/c1-2-8-18-9-7-16-15(18)10-14-13-6-4-3-5-12(13)11-17-14/h3-7,9,14,17H,2,8,10-11H2,1H3. The first-order valence-electron chi connectivity index (χ1n) is 6.69. The number of nitrogens with zero attached hydrogens (tertiary/aromatic N) is 2. The summed E-state index contributed by atoms with van der Waals surface area (Å²) in [6.07, 6.45) is 6.12. The van der Waals surface area contributed by atoms with Gasteiger partial charge in [0.2, 0.25) is 0 Å². The van der Waals surface area contributed by atoms with Crippen molar-refractivity contribution in [3.05, 3.63) is 53.6 Å². The number of aryl methyl sites for hydroxylation is 1. The summed E-state index contributed by atoms with van der Waals surface area (Å²) in [6.45, 7) is 4.24. The van der Waals surface area contributed by atoms with Crippen LogP contribution in [0.5, 0.6) is 0 Å². The zero-order valence-corrected chi connectivity index (χ0v) is 10.8. The van der Waals surface area contributed by atoms with Gasteiger partial charge in [0.25, 0.3) is 0 Å². The molecule has 2 aromatic rings. The molecule has 0 spiro atoms. The minimum Gasteiger partial charge on any atom is -0.335 e. The van der Waals surface area contributed by atoms with E-state index in [2.05, 4.69) is 52.3 Å². The number of hydrogen-bond donors (Lipinski definition) is 1. The Morgan fingerprint density at radius 3 is 3.17 bits per heavy atom. The normalized spacial score (nSPS) is 17.9. The third kappa shape index (κ3) is 2.06. The summed E-state index contributed by atoms with van der Waals surface area (Å²) in [5, 5.41) is 3.58. The second-order valence-electron chi connectivity index (χ2n) is 4.87. The summed E-state index contributed by atoms with van der Waals surface area (Å²) in [5.74, 6) is 1.19. The van der Waals surface area contributed by atoms with Gasteiger partial charge in [-0.2, -0.15) is 0 Å². The maximum atomic E-state index is 4.49. The highest BCUT2D eigenvalue weighted by atomic mass is 15.1. The first kappa shape index (κ1) is 11.5. The Balaban J connectivity index is 1.80. The van der Waals surface area contributed by atoms with E-state index in [0.717, 1.165) is 25.9 Å². The fourth-order valence-corrected chi connectivity index (χ4v) is 2.72. The molecule has 1 N–H and O–H groups in total. The van der Waals surface area contributed by atoms with E-state index in [4.69, 9.17) is 0 Å². The molecule has 3 rings (SSSR count). The van der Waals surface area contributed by atoms with E-state index >= 15 is 0 Å². The number of hydrogen-bond acceptors (Lipinski definition) is 2. The van der Waals surface area contributed by atoms with Gasteiger partial charge >= 0.3 is 0 Å². The van der Waals surface area contributed by atoms with Crippen LogP contribution in [0.15, 0.2) is 36.7 Å². The molecule has 0 saturated carbocycles. The van der Waals surface area contributed by atoms with E-state index in [0.29, 0.717) is 6.04 Å². The van der Waals surface area contributed by atoms with Crippen LogP contribution in [0.25, 0.3) is 0 Å². The molecule has 1 unspecified atom stereocenters. The van der Waals surface area contributed by atoms with E-state index in [1.54, 1.807) is 0 Å². The molecule has 3 nitrogen and oxygen atoms in total. The molecule has 18 heavy (non-hydrogen) atoms. The lowest BCUT2D eigenvalue weighted by Gasteiger charge is -2.13. The van der Waals surface area contributed by atoms with Gasteiger partial charge in [0, 0.05) is 37.9 Å². The van der Waals surface area contributed by atoms with Gasteiger partial charge in [0.1, 0.15) is 5.82 Å². The quantitative estimate of drug-likeness (QED) is 0.892. The summed E-state index contributed by atoms with van der Waals surface area (Å²) in [5.41, 5.74) is 2.86. The van der Waals surface area contributed by atoms with Gasteiger partial charge in [-0.3, -0.25) is 0 Å². The summed E-state index contributed by atoms with van der Waals surface area (Å²) >= 11 is 0. The third-order valence-corrected chi connectivity index (χ3v) is 3.62. The lowest BCUT2D eigenvalue weighted by molar-refractivity contribution is 0.538. The van der Waals surface area contributed by atoms with Crippen LogP contribution >= 0.6 is 0 Å². The van der Waals surface area contributed by atoms with Crippen molar-refractivity contribution < 1.29 is 0 Å². The monoisotopic (exact) mass is 241 g/mol. The van der Waals surface area contributed by atoms with Crippen molar-refractivity contribution in [1.29, 1.82) is 0 Å². The number of aromatic nitrogens is 2. The molecule has 0 saturated heterocycles. The van der Waals surface area contributed by atoms with Crippen molar-refractivity contribution in [2.75, 3.05) is 0 Å². The average molecular weight is 241 g/mol. The van der Waals surface area contributed by atoms with Crippen LogP contribution in [0.2, 0.25) is 0 Å². The molecule has 1 aromatic carbocycles. The molecule has 0 amide bonds. The van der Waals surface area contributed by atoms with Gasteiger partial charge in [-0.1, -0.05) is 31.2 Å². The summed E-state index contributed by atoms with van der Waals surface area (Å²) in [7, 11) is 0. The van der Waals surface area contributed by atoms with Gasteiger partial charge < -0.3 is 9.88 Å². The molecule has 3 heteroatoms. The van der Waals surface area contributed by atoms with E-state index in [9.17, 15) is 0 Å². The van der Waals surface area contributed by atoms with Crippen molar-refractivity contribution in [1.82, 2.24) is 14.9 Å². The van der Waals surface area contributed by atoms with Crippen LogP contribution in [0.3, 0.4) is 0 Å². The van der Waals surface area contributed by atoms with Gasteiger partial charge in [-0.05, 0) is 17.5 Å². The molecule has 1 atom stereocenters. The Labute approximate surface area is 108 Å². The number of fused-ring (bicyclic) bond motifs is 1. The molecular formula is C15H19N3. The SMILES string of the molecule is CCCn1ccnc1CC1NCc2ccccc21. The molecule has 1 aliphatic rings. The van der Waals surface area contributed by atoms with Crippen LogP contribution in [-0.4, -0.2) is 9.55 Å². The molecule has 1 aliphatic heterocycles. The highest BCUT2D eigenvalue weighted by molar-refractivity contribution is 5.34. The second-order valence-corrected chi connectivity index (χ2v) is 4.87. The fourth-order valence-electron chi connectivity index (χ4n) is 2.72. The minimum absolute atomic E-state index is 0.416. The fraction of sp³-hybridized carbons (Fsp3) is 0.400. The number of rotatable bonds is 4. The van der Waals surface area contributed by atoms with Crippen molar-refractivity contribution in [2.24, 2.45) is 0 Å². The van der Waals surface area contributed by atoms with Gasteiger partial charge in [-0.15, -0.1) is 0 Å². The highest BCUT2D eigenvalue weighted by Gasteiger charge is 2.22. The molecule has 1 aromatic heterocycles. The topological polar surface area (TPSA) is 29.9 Å². The van der Waals surface area contributed by atoms with Gasteiger partial charge in [-0.25, -0.2) is 4.98 Å². The Hall–Kier alpha value is -1.61. The zero-order valence-electron chi connectivity index (χ0n) is 10.8. The molecule has 0 bridgehead atoms. The van der Waals surface area contributed by atoms with Crippen molar-refractivity contribution in [2.45, 2.75) is 38.9 Å². The molecule has 0 aliphatic carbocycles. The van der Waals surface area contributed by atoms with Crippen LogP contribution in [-0.2, 0) is 19.5 Å². The molecule has 0 radical (unpaired) electrons. The van der Waals surface area contributed by atoms with Crippen molar-refractivity contribution in [3.63, 3.8) is 0 Å². The first-order valence-corrected chi connectivity index (χ1v) is 6.69. The maximum Gasteiger partial charge on any atom is 0.110 e. The van der Waals surface area contributed by atoms with E-state index in [1.807, 2.05) is 6.20 Å². The smallest absolute Gasteiger partial charge is 0.110 e. The van der Waals surface area contributed by atoms with Gasteiger partial charge in [0.15, 0.2) is 0 Å². The minimum atomic E-state index is 0.416. The Morgan fingerprint density at radius 2 is 2.28 bits per heavy atom. The Bertz CT molecular complexity index is 530. The Morgan fingerprint density at radius 1 is 1.39 bits per heavy atom. The zero-order chi connectivity index (χ0) is 12.4. The van der Waals surface area contributed by atoms with Crippen LogP contribution in [0.4, 0.5) is 0 Å². The predicted octanol–water partition coefficient (Wildman–Crippen LogP) is 2.68. The summed E-state index contributed by atoms with van der Waals surface area (Å²) in [6, 6.07) is 9.09. The molecule has 0 fully saturated rings. The number of nitrogens with one attached hydrogen (secondary N) is 1. The highest BCUT2D eigenvalue weighted by Crippen LogP contribution is 2.27. The largest absolute Gasteiger partial charge is 0.335 e. The first-order chi connectivity index (χ1) is 8.88. The third-order valence-electron chi connectivity index (χ3n) is 3.62. The second kappa shape index (κ2) is 4.94. The number of benzene rings is 1. The Kier molecular flexibility index (Phi) is 3.15. The average Bonchev–Trinajstić information content (AvgIpc) is 2.99. The van der Waals surface area contributed by atoms with Crippen LogP contribution < -0.4 is 5.32 Å². The molecule has 94 valence electrons. The lowest BCUT2D eigenvalue weighted by Crippen LogP contribution is -2.17.